The minimum absolute atomic E-state index is 0.0606. The normalized spacial score (nSPS) is 14.5. The fourth-order valence-corrected chi connectivity index (χ4v) is 2.16. The van der Waals surface area contributed by atoms with Gasteiger partial charge in [-0.15, -0.1) is 0 Å². The third kappa shape index (κ3) is 3.46. The second kappa shape index (κ2) is 6.21. The molecular weight excluding hydrogens is 246 g/mol. The Kier molecular flexibility index (Phi) is 4.38. The van der Waals surface area contributed by atoms with Crippen LogP contribution in [0.2, 0.25) is 0 Å². The molecule has 1 aromatic rings. The molecule has 0 radical (unpaired) electrons. The largest absolute Gasteiger partial charge is 0.341 e. The third-order valence-electron chi connectivity index (χ3n) is 3.23. The Morgan fingerprint density at radius 1 is 1.53 bits per heavy atom. The zero-order valence-electron chi connectivity index (χ0n) is 11.0. The van der Waals surface area contributed by atoms with Gasteiger partial charge in [-0.2, -0.15) is 5.10 Å². The molecule has 0 saturated heterocycles. The number of rotatable bonds is 3. The van der Waals surface area contributed by atoms with E-state index in [0.717, 1.165) is 30.6 Å². The predicted octanol–water partition coefficient (Wildman–Crippen LogP) is 0.00360. The maximum Gasteiger partial charge on any atom is 0.314 e. The van der Waals surface area contributed by atoms with Crippen LogP contribution < -0.4 is 10.6 Å². The minimum atomic E-state index is -0.263. The van der Waals surface area contributed by atoms with E-state index in [2.05, 4.69) is 20.8 Å². The number of nitrogens with one attached hydrogen (secondary N) is 3. The molecule has 7 nitrogen and oxygen atoms in total. The Bertz CT molecular complexity index is 457. The maximum absolute atomic E-state index is 12.1. The zero-order valence-corrected chi connectivity index (χ0v) is 11.0. The first-order valence-electron chi connectivity index (χ1n) is 6.45. The van der Waals surface area contributed by atoms with Gasteiger partial charge < -0.3 is 15.5 Å². The van der Waals surface area contributed by atoms with Crippen molar-refractivity contribution in [3.05, 3.63) is 17.5 Å². The highest BCUT2D eigenvalue weighted by atomic mass is 16.2. The van der Waals surface area contributed by atoms with Gasteiger partial charge in [0.05, 0.1) is 6.20 Å². The van der Waals surface area contributed by atoms with Crippen molar-refractivity contribution < 1.29 is 9.59 Å². The highest BCUT2D eigenvalue weighted by Crippen LogP contribution is 2.16. The number of amides is 3. The van der Waals surface area contributed by atoms with Crippen molar-refractivity contribution in [1.82, 2.24) is 25.7 Å². The van der Waals surface area contributed by atoms with Crippen molar-refractivity contribution in [1.29, 1.82) is 0 Å². The van der Waals surface area contributed by atoms with Crippen molar-refractivity contribution in [2.24, 2.45) is 0 Å². The number of nitrogens with zero attached hydrogens (tertiary/aromatic N) is 2. The van der Waals surface area contributed by atoms with Crippen LogP contribution in [-0.2, 0) is 17.8 Å². The van der Waals surface area contributed by atoms with Crippen LogP contribution in [0, 0.1) is 0 Å². The number of aromatic nitrogens is 2. The van der Waals surface area contributed by atoms with Gasteiger partial charge >= 0.3 is 6.03 Å². The highest BCUT2D eigenvalue weighted by Gasteiger charge is 2.19. The molecule has 19 heavy (non-hydrogen) atoms. The first kappa shape index (κ1) is 13.4. The lowest BCUT2D eigenvalue weighted by atomic mass is 10.2. The number of fused-ring (bicyclic) bond motifs is 1. The van der Waals surface area contributed by atoms with E-state index < -0.39 is 0 Å². The minimum Gasteiger partial charge on any atom is -0.341 e. The van der Waals surface area contributed by atoms with Gasteiger partial charge in [-0.1, -0.05) is 0 Å². The molecule has 3 amide bonds. The molecule has 0 fully saturated rings. The molecule has 2 rings (SSSR count). The summed E-state index contributed by atoms with van der Waals surface area (Å²) in [5.74, 6) is 0.0606. The smallest absolute Gasteiger partial charge is 0.314 e. The van der Waals surface area contributed by atoms with Gasteiger partial charge in [-0.3, -0.25) is 9.89 Å². The van der Waals surface area contributed by atoms with Crippen LogP contribution in [0.3, 0.4) is 0 Å². The lowest BCUT2D eigenvalue weighted by molar-refractivity contribution is -0.131. The molecule has 2 heterocycles. The number of aryl methyl sites for hydroxylation is 1. The van der Waals surface area contributed by atoms with Gasteiger partial charge in [0.2, 0.25) is 5.91 Å². The van der Waals surface area contributed by atoms with Crippen LogP contribution in [-0.4, -0.2) is 47.2 Å². The number of urea groups is 1. The fraction of sp³-hybridized carbons (Fsp3) is 0.583. The van der Waals surface area contributed by atoms with Crippen molar-refractivity contribution >= 4 is 11.9 Å². The number of carbonyl (C=O) groups excluding carboxylic acids is 2. The van der Waals surface area contributed by atoms with E-state index in [1.54, 1.807) is 13.2 Å². The summed E-state index contributed by atoms with van der Waals surface area (Å²) in [7, 11) is 1.55. The van der Waals surface area contributed by atoms with E-state index in [9.17, 15) is 9.59 Å². The molecule has 7 heteroatoms. The van der Waals surface area contributed by atoms with Gasteiger partial charge in [0.1, 0.15) is 0 Å². The molecule has 0 aliphatic carbocycles. The number of aromatic amines is 1. The summed E-state index contributed by atoms with van der Waals surface area (Å²) >= 11 is 0. The van der Waals surface area contributed by atoms with Crippen molar-refractivity contribution in [3.8, 4) is 0 Å². The molecule has 1 aromatic heterocycles. The molecule has 0 unspecified atom stereocenters. The van der Waals surface area contributed by atoms with Crippen LogP contribution >= 0.6 is 0 Å². The molecule has 0 spiro atoms. The Morgan fingerprint density at radius 2 is 2.37 bits per heavy atom. The Balaban J connectivity index is 1.84. The van der Waals surface area contributed by atoms with Gasteiger partial charge in [-0.25, -0.2) is 4.79 Å². The van der Waals surface area contributed by atoms with E-state index in [0.29, 0.717) is 19.5 Å². The average molecular weight is 265 g/mol. The van der Waals surface area contributed by atoms with Crippen LogP contribution in [0.5, 0.6) is 0 Å². The molecule has 1 aliphatic heterocycles. The van der Waals surface area contributed by atoms with E-state index in [1.165, 1.54) is 0 Å². The lowest BCUT2D eigenvalue weighted by Gasteiger charge is -2.20. The molecular formula is C12H19N5O2. The summed E-state index contributed by atoms with van der Waals surface area (Å²) in [4.78, 5) is 24.9. The number of H-pyrrole nitrogens is 1. The van der Waals surface area contributed by atoms with Crippen LogP contribution in [0.25, 0.3) is 0 Å². The van der Waals surface area contributed by atoms with E-state index >= 15 is 0 Å². The van der Waals surface area contributed by atoms with Crippen LogP contribution in [0.1, 0.15) is 24.1 Å². The first-order chi connectivity index (χ1) is 9.20. The van der Waals surface area contributed by atoms with Crippen LogP contribution in [0.15, 0.2) is 6.20 Å². The van der Waals surface area contributed by atoms with E-state index in [-0.39, 0.29) is 11.9 Å². The van der Waals surface area contributed by atoms with Crippen molar-refractivity contribution in [3.63, 3.8) is 0 Å². The predicted molar refractivity (Wildman–Crippen MR) is 69.4 cm³/mol. The summed E-state index contributed by atoms with van der Waals surface area (Å²) in [6.45, 7) is 1.71. The van der Waals surface area contributed by atoms with E-state index in [1.807, 2.05) is 4.90 Å². The average Bonchev–Trinajstić information content (AvgIpc) is 2.75. The SMILES string of the molecule is CNC(=O)NCCC(=O)N1CCCc2[nH]ncc2C1. The summed E-state index contributed by atoms with van der Waals surface area (Å²) in [6.07, 6.45) is 3.96. The molecule has 104 valence electrons. The van der Waals surface area contributed by atoms with Gasteiger partial charge in [0, 0.05) is 44.4 Å². The Labute approximate surface area is 111 Å². The topological polar surface area (TPSA) is 90.1 Å². The quantitative estimate of drug-likeness (QED) is 0.718. The summed E-state index contributed by atoms with van der Waals surface area (Å²) in [5, 5.41) is 12.0. The number of carbonyl (C=O) groups is 2. The maximum atomic E-state index is 12.1. The fourth-order valence-electron chi connectivity index (χ4n) is 2.16. The molecule has 0 aromatic carbocycles. The standard InChI is InChI=1S/C12H19N5O2/c1-13-12(19)14-5-4-11(18)17-6-2-3-10-9(8-17)7-15-16-10/h7H,2-6,8H2,1H3,(H,15,16)(H2,13,14,19). The van der Waals surface area contributed by atoms with E-state index in [4.69, 9.17) is 0 Å². The van der Waals surface area contributed by atoms with Gasteiger partial charge in [-0.05, 0) is 12.8 Å². The Hall–Kier alpha value is -2.05. The van der Waals surface area contributed by atoms with Crippen molar-refractivity contribution in [2.75, 3.05) is 20.1 Å². The van der Waals surface area contributed by atoms with Gasteiger partial charge in [0.15, 0.2) is 0 Å². The monoisotopic (exact) mass is 265 g/mol. The number of hydrogen-bond acceptors (Lipinski definition) is 3. The van der Waals surface area contributed by atoms with Gasteiger partial charge in [0.25, 0.3) is 0 Å². The number of hydrogen-bond donors (Lipinski definition) is 3. The second-order valence-electron chi connectivity index (χ2n) is 4.55. The second-order valence-corrected chi connectivity index (χ2v) is 4.55. The lowest BCUT2D eigenvalue weighted by Crippen LogP contribution is -2.37. The molecule has 0 saturated carbocycles. The first-order valence-corrected chi connectivity index (χ1v) is 6.45. The molecule has 1 aliphatic rings. The third-order valence-corrected chi connectivity index (χ3v) is 3.23. The molecule has 3 N–H and O–H groups in total. The van der Waals surface area contributed by atoms with Crippen LogP contribution in [0.4, 0.5) is 4.79 Å². The highest BCUT2D eigenvalue weighted by molar-refractivity contribution is 5.78. The summed E-state index contributed by atoms with van der Waals surface area (Å²) in [5.41, 5.74) is 2.21. The van der Waals surface area contributed by atoms with Crippen molar-refractivity contribution in [2.45, 2.75) is 25.8 Å². The molecule has 0 bridgehead atoms. The zero-order chi connectivity index (χ0) is 13.7. The summed E-state index contributed by atoms with van der Waals surface area (Å²) < 4.78 is 0. The molecule has 0 atom stereocenters. The Morgan fingerprint density at radius 3 is 3.16 bits per heavy atom. The summed E-state index contributed by atoms with van der Waals surface area (Å²) in [6, 6.07) is -0.263.